The molecule has 0 aliphatic rings. The Balaban J connectivity index is 2.27. The predicted molar refractivity (Wildman–Crippen MR) is 72.0 cm³/mol. The fraction of sp³-hybridized carbons (Fsp3) is 0.231. The molecule has 0 bridgehead atoms. The van der Waals surface area contributed by atoms with Crippen molar-refractivity contribution in [1.29, 1.82) is 0 Å². The Labute approximate surface area is 105 Å². The summed E-state index contributed by atoms with van der Waals surface area (Å²) in [5, 5.41) is 6.81. The fourth-order valence-corrected chi connectivity index (χ4v) is 2.18. The molecule has 0 radical (unpaired) electrons. The molecule has 0 spiro atoms. The van der Waals surface area contributed by atoms with Crippen LogP contribution in [0.1, 0.15) is 13.3 Å². The minimum Gasteiger partial charge on any atom is -0.399 e. The van der Waals surface area contributed by atoms with Gasteiger partial charge in [-0.05, 0) is 24.6 Å². The Kier molecular flexibility index (Phi) is 2.51. The predicted octanol–water partition coefficient (Wildman–Crippen LogP) is 2.42. The first-order chi connectivity index (χ1) is 8.79. The van der Waals surface area contributed by atoms with Gasteiger partial charge in [-0.2, -0.15) is 5.10 Å². The van der Waals surface area contributed by atoms with Gasteiger partial charge in [-0.15, -0.1) is 0 Å². The molecule has 92 valence electrons. The summed E-state index contributed by atoms with van der Waals surface area (Å²) in [4.78, 5) is 4.66. The summed E-state index contributed by atoms with van der Waals surface area (Å²) in [5.41, 5.74) is 9.66. The van der Waals surface area contributed by atoms with Gasteiger partial charge in [0, 0.05) is 18.4 Å². The molecule has 0 saturated carbocycles. The van der Waals surface area contributed by atoms with Gasteiger partial charge in [-0.25, -0.2) is 4.98 Å². The number of hydrogen-bond acceptors (Lipinski definition) is 3. The van der Waals surface area contributed by atoms with Crippen LogP contribution < -0.4 is 5.73 Å². The first kappa shape index (κ1) is 10.8. The number of nitrogens with zero attached hydrogens (tertiary/aromatic N) is 3. The number of fused-ring (bicyclic) bond motifs is 1. The average molecular weight is 241 g/mol. The van der Waals surface area contributed by atoms with E-state index in [1.807, 2.05) is 24.4 Å². The van der Waals surface area contributed by atoms with Crippen molar-refractivity contribution in [1.82, 2.24) is 19.7 Å². The van der Waals surface area contributed by atoms with E-state index in [0.717, 1.165) is 41.1 Å². The van der Waals surface area contributed by atoms with Crippen LogP contribution in [0.3, 0.4) is 0 Å². The third-order valence-corrected chi connectivity index (χ3v) is 2.98. The third-order valence-electron chi connectivity index (χ3n) is 2.98. The van der Waals surface area contributed by atoms with Gasteiger partial charge < -0.3 is 10.3 Å². The second-order valence-corrected chi connectivity index (χ2v) is 4.32. The topological polar surface area (TPSA) is 72.5 Å². The molecule has 3 aromatic rings. The first-order valence-electron chi connectivity index (χ1n) is 6.04. The smallest absolute Gasteiger partial charge is 0.144 e. The van der Waals surface area contributed by atoms with Gasteiger partial charge >= 0.3 is 0 Å². The molecule has 2 heterocycles. The summed E-state index contributed by atoms with van der Waals surface area (Å²) in [5.74, 6) is 0.936. The number of aryl methyl sites for hydroxylation is 1. The maximum atomic E-state index is 5.86. The number of nitrogen functional groups attached to an aromatic ring is 1. The standard InChI is InChI=1S/C13H15N5/c1-2-5-18-12-6-10(14)3-4-11(12)17-13(18)9-7-15-16-8-9/h3-4,6-8H,2,5,14H2,1H3,(H,15,16). The van der Waals surface area contributed by atoms with E-state index in [0.29, 0.717) is 0 Å². The van der Waals surface area contributed by atoms with Crippen molar-refractivity contribution in [2.75, 3.05) is 5.73 Å². The molecule has 3 rings (SSSR count). The molecule has 0 atom stereocenters. The highest BCUT2D eigenvalue weighted by atomic mass is 15.1. The second kappa shape index (κ2) is 4.18. The van der Waals surface area contributed by atoms with Crippen LogP contribution in [0.15, 0.2) is 30.6 Å². The van der Waals surface area contributed by atoms with Gasteiger partial charge in [0.25, 0.3) is 0 Å². The molecule has 18 heavy (non-hydrogen) atoms. The Bertz CT molecular complexity index is 666. The molecular weight excluding hydrogens is 226 g/mol. The number of aromatic amines is 1. The monoisotopic (exact) mass is 241 g/mol. The molecule has 0 amide bonds. The average Bonchev–Trinajstić information content (AvgIpc) is 2.98. The van der Waals surface area contributed by atoms with Crippen LogP contribution in [0, 0.1) is 0 Å². The summed E-state index contributed by atoms with van der Waals surface area (Å²) >= 11 is 0. The van der Waals surface area contributed by atoms with Crippen molar-refractivity contribution >= 4 is 16.7 Å². The number of rotatable bonds is 3. The summed E-state index contributed by atoms with van der Waals surface area (Å²) < 4.78 is 2.19. The zero-order chi connectivity index (χ0) is 12.5. The number of hydrogen-bond donors (Lipinski definition) is 2. The lowest BCUT2D eigenvalue weighted by atomic mass is 10.3. The van der Waals surface area contributed by atoms with Gasteiger partial charge in [0.15, 0.2) is 0 Å². The van der Waals surface area contributed by atoms with Crippen molar-refractivity contribution < 1.29 is 0 Å². The van der Waals surface area contributed by atoms with E-state index in [1.54, 1.807) is 6.20 Å². The highest BCUT2D eigenvalue weighted by Gasteiger charge is 2.12. The van der Waals surface area contributed by atoms with Crippen LogP contribution >= 0.6 is 0 Å². The van der Waals surface area contributed by atoms with E-state index in [9.17, 15) is 0 Å². The van der Waals surface area contributed by atoms with Crippen molar-refractivity contribution in [2.24, 2.45) is 0 Å². The maximum absolute atomic E-state index is 5.86. The largest absolute Gasteiger partial charge is 0.399 e. The number of H-pyrrole nitrogens is 1. The molecule has 5 heteroatoms. The molecule has 2 aromatic heterocycles. The highest BCUT2D eigenvalue weighted by Crippen LogP contribution is 2.25. The van der Waals surface area contributed by atoms with E-state index < -0.39 is 0 Å². The molecule has 0 fully saturated rings. The van der Waals surface area contributed by atoms with Crippen LogP contribution in [0.25, 0.3) is 22.4 Å². The molecule has 0 saturated heterocycles. The van der Waals surface area contributed by atoms with E-state index in [1.165, 1.54) is 0 Å². The summed E-state index contributed by atoms with van der Waals surface area (Å²) in [6.45, 7) is 3.07. The molecule has 0 aliphatic carbocycles. The number of nitrogens with one attached hydrogen (secondary N) is 1. The number of imidazole rings is 1. The van der Waals surface area contributed by atoms with Crippen molar-refractivity contribution in [3.8, 4) is 11.4 Å². The van der Waals surface area contributed by atoms with Crippen molar-refractivity contribution in [2.45, 2.75) is 19.9 Å². The number of nitrogens with two attached hydrogens (primary N) is 1. The van der Waals surface area contributed by atoms with Gasteiger partial charge in [0.1, 0.15) is 5.82 Å². The second-order valence-electron chi connectivity index (χ2n) is 4.32. The zero-order valence-corrected chi connectivity index (χ0v) is 10.2. The van der Waals surface area contributed by atoms with Crippen molar-refractivity contribution in [3.05, 3.63) is 30.6 Å². The van der Waals surface area contributed by atoms with Crippen LogP contribution in [-0.4, -0.2) is 19.7 Å². The minimum atomic E-state index is 0.762. The Morgan fingerprint density at radius 1 is 1.39 bits per heavy atom. The maximum Gasteiger partial charge on any atom is 0.144 e. The Hall–Kier alpha value is -2.30. The van der Waals surface area contributed by atoms with Crippen LogP contribution in [-0.2, 0) is 6.54 Å². The molecule has 5 nitrogen and oxygen atoms in total. The quantitative estimate of drug-likeness (QED) is 0.692. The fourth-order valence-electron chi connectivity index (χ4n) is 2.18. The van der Waals surface area contributed by atoms with Crippen LogP contribution in [0.5, 0.6) is 0 Å². The normalized spacial score (nSPS) is 11.2. The van der Waals surface area contributed by atoms with E-state index in [2.05, 4.69) is 26.7 Å². The van der Waals surface area contributed by atoms with Gasteiger partial charge in [-0.1, -0.05) is 6.92 Å². The summed E-state index contributed by atoms with van der Waals surface area (Å²) in [6, 6.07) is 5.81. The van der Waals surface area contributed by atoms with E-state index in [4.69, 9.17) is 5.73 Å². The number of benzene rings is 1. The molecular formula is C13H15N5. The number of anilines is 1. The third kappa shape index (κ3) is 1.64. The van der Waals surface area contributed by atoms with Crippen LogP contribution in [0.4, 0.5) is 5.69 Å². The Morgan fingerprint density at radius 3 is 3.00 bits per heavy atom. The zero-order valence-electron chi connectivity index (χ0n) is 10.2. The Morgan fingerprint density at radius 2 is 2.28 bits per heavy atom. The summed E-state index contributed by atoms with van der Waals surface area (Å²) in [7, 11) is 0. The molecule has 3 N–H and O–H groups in total. The SMILES string of the molecule is CCCn1c(-c2cn[nH]c2)nc2ccc(N)cc21. The summed E-state index contributed by atoms with van der Waals surface area (Å²) in [6.07, 6.45) is 4.69. The lowest BCUT2D eigenvalue weighted by Gasteiger charge is -2.06. The van der Waals surface area contributed by atoms with Crippen molar-refractivity contribution in [3.63, 3.8) is 0 Å². The first-order valence-corrected chi connectivity index (χ1v) is 6.04. The van der Waals surface area contributed by atoms with Gasteiger partial charge in [0.05, 0.1) is 22.8 Å². The lowest BCUT2D eigenvalue weighted by Crippen LogP contribution is -1.99. The van der Waals surface area contributed by atoms with E-state index in [-0.39, 0.29) is 0 Å². The highest BCUT2D eigenvalue weighted by molar-refractivity contribution is 5.83. The van der Waals surface area contributed by atoms with Gasteiger partial charge in [-0.3, -0.25) is 5.10 Å². The lowest BCUT2D eigenvalue weighted by molar-refractivity contribution is 0.704. The van der Waals surface area contributed by atoms with E-state index >= 15 is 0 Å². The molecule has 0 unspecified atom stereocenters. The van der Waals surface area contributed by atoms with Crippen LogP contribution in [0.2, 0.25) is 0 Å². The number of aromatic nitrogens is 4. The minimum absolute atomic E-state index is 0.762. The molecule has 0 aliphatic heterocycles. The van der Waals surface area contributed by atoms with Gasteiger partial charge in [0.2, 0.25) is 0 Å². The molecule has 1 aromatic carbocycles.